The zero-order valence-corrected chi connectivity index (χ0v) is 13.0. The molecule has 0 amide bonds. The summed E-state index contributed by atoms with van der Waals surface area (Å²) in [7, 11) is 0. The number of benzene rings is 2. The van der Waals surface area contributed by atoms with Crippen molar-refractivity contribution in [1.29, 1.82) is 0 Å². The molecule has 2 aromatic carbocycles. The molecule has 0 aromatic heterocycles. The predicted molar refractivity (Wildman–Crippen MR) is 87.2 cm³/mol. The van der Waals surface area contributed by atoms with E-state index in [1.807, 2.05) is 0 Å². The van der Waals surface area contributed by atoms with Crippen LogP contribution in [0, 0.1) is 10.1 Å². The summed E-state index contributed by atoms with van der Waals surface area (Å²) in [6, 6.07) is 15.0. The van der Waals surface area contributed by atoms with Gasteiger partial charge in [0.1, 0.15) is 0 Å². The average Bonchev–Trinajstić information content (AvgIpc) is 2.51. The van der Waals surface area contributed by atoms with Crippen molar-refractivity contribution in [1.82, 2.24) is 0 Å². The highest BCUT2D eigenvalue weighted by Crippen LogP contribution is 2.30. The molecule has 4 nitrogen and oxygen atoms in total. The summed E-state index contributed by atoms with van der Waals surface area (Å²) in [6.07, 6.45) is 0. The quantitative estimate of drug-likeness (QED) is 0.578. The lowest BCUT2D eigenvalue weighted by Crippen LogP contribution is -2.21. The number of nitro benzene ring substituents is 1. The maximum Gasteiger partial charge on any atom is 0.269 e. The van der Waals surface area contributed by atoms with E-state index in [-0.39, 0.29) is 10.6 Å². The Morgan fingerprint density at radius 1 is 0.952 bits per heavy atom. The maximum absolute atomic E-state index is 10.6. The van der Waals surface area contributed by atoms with Gasteiger partial charge in [-0.3, -0.25) is 10.1 Å². The molecule has 2 aromatic rings. The van der Waals surface area contributed by atoms with Crippen LogP contribution in [-0.4, -0.2) is 18.0 Å². The van der Waals surface area contributed by atoms with Crippen LogP contribution < -0.4 is 4.90 Å². The number of hydrogen-bond donors (Lipinski definition) is 0. The maximum atomic E-state index is 10.6. The van der Waals surface area contributed by atoms with Crippen LogP contribution in [0.2, 0.25) is 0 Å². The Morgan fingerprint density at radius 2 is 1.43 bits per heavy atom. The van der Waals surface area contributed by atoms with Gasteiger partial charge in [0.25, 0.3) is 5.69 Å². The van der Waals surface area contributed by atoms with Crippen LogP contribution in [0.3, 0.4) is 0 Å². The first-order chi connectivity index (χ1) is 10.1. The van der Waals surface area contributed by atoms with Gasteiger partial charge in [-0.15, -0.1) is 0 Å². The molecule has 0 N–H and O–H groups in total. The Hall–Kier alpha value is -2.01. The predicted octanol–water partition coefficient (Wildman–Crippen LogP) is 4.59. The highest BCUT2D eigenvalue weighted by atomic mass is 32.2. The molecule has 0 saturated carbocycles. The van der Waals surface area contributed by atoms with Gasteiger partial charge in [-0.2, -0.15) is 0 Å². The fraction of sp³-hybridized carbons (Fsp3) is 0.250. The van der Waals surface area contributed by atoms with E-state index in [2.05, 4.69) is 43.0 Å². The van der Waals surface area contributed by atoms with Gasteiger partial charge >= 0.3 is 0 Å². The van der Waals surface area contributed by atoms with E-state index in [0.29, 0.717) is 0 Å². The minimum atomic E-state index is -0.382. The van der Waals surface area contributed by atoms with E-state index in [1.54, 1.807) is 23.9 Å². The monoisotopic (exact) mass is 302 g/mol. The lowest BCUT2D eigenvalue weighted by molar-refractivity contribution is -0.384. The van der Waals surface area contributed by atoms with Gasteiger partial charge in [0.15, 0.2) is 0 Å². The lowest BCUT2D eigenvalue weighted by atomic mass is 10.3. The summed E-state index contributed by atoms with van der Waals surface area (Å²) in [5.74, 6) is 0. The third-order valence-electron chi connectivity index (χ3n) is 3.25. The summed E-state index contributed by atoms with van der Waals surface area (Å²) in [5, 5.41) is 10.6. The molecular weight excluding hydrogens is 284 g/mol. The highest BCUT2D eigenvalue weighted by molar-refractivity contribution is 7.99. The topological polar surface area (TPSA) is 46.4 Å². The number of non-ortho nitro benzene ring substituents is 1. The molecule has 2 rings (SSSR count). The van der Waals surface area contributed by atoms with Crippen LogP contribution in [-0.2, 0) is 0 Å². The molecule has 0 saturated heterocycles. The number of nitrogens with zero attached hydrogens (tertiary/aromatic N) is 2. The zero-order valence-electron chi connectivity index (χ0n) is 12.2. The van der Waals surface area contributed by atoms with E-state index >= 15 is 0 Å². The van der Waals surface area contributed by atoms with Gasteiger partial charge < -0.3 is 4.90 Å². The lowest BCUT2D eigenvalue weighted by Gasteiger charge is -2.21. The van der Waals surface area contributed by atoms with Gasteiger partial charge in [0.05, 0.1) is 4.92 Å². The normalized spacial score (nSPS) is 10.4. The molecule has 0 atom stereocenters. The molecule has 0 unspecified atom stereocenters. The molecule has 0 heterocycles. The largest absolute Gasteiger partial charge is 0.372 e. The third kappa shape index (κ3) is 3.98. The summed E-state index contributed by atoms with van der Waals surface area (Å²) < 4.78 is 0. The van der Waals surface area contributed by atoms with Crippen molar-refractivity contribution in [3.8, 4) is 0 Å². The number of hydrogen-bond acceptors (Lipinski definition) is 4. The van der Waals surface area contributed by atoms with Crippen molar-refractivity contribution in [3.63, 3.8) is 0 Å². The van der Waals surface area contributed by atoms with E-state index < -0.39 is 0 Å². The molecule has 0 aliphatic carbocycles. The number of nitro groups is 1. The van der Waals surface area contributed by atoms with Crippen molar-refractivity contribution >= 4 is 23.1 Å². The van der Waals surface area contributed by atoms with Gasteiger partial charge in [0.2, 0.25) is 0 Å². The van der Waals surface area contributed by atoms with Gasteiger partial charge in [0, 0.05) is 40.7 Å². The standard InChI is InChI=1S/C16H18N2O2S/c1-3-17(4-2)13-5-9-15(10-6-13)21-16-11-7-14(8-12-16)18(19)20/h5-12H,3-4H2,1-2H3. The van der Waals surface area contributed by atoms with Crippen LogP contribution in [0.25, 0.3) is 0 Å². The van der Waals surface area contributed by atoms with E-state index in [4.69, 9.17) is 0 Å². The van der Waals surface area contributed by atoms with Crippen LogP contribution in [0.15, 0.2) is 58.3 Å². The molecule has 0 bridgehead atoms. The van der Waals surface area contributed by atoms with Gasteiger partial charge in [-0.1, -0.05) is 11.8 Å². The first kappa shape index (κ1) is 15.4. The van der Waals surface area contributed by atoms with Gasteiger partial charge in [-0.25, -0.2) is 0 Å². The second kappa shape index (κ2) is 7.13. The van der Waals surface area contributed by atoms with E-state index in [9.17, 15) is 10.1 Å². The van der Waals surface area contributed by atoms with Crippen molar-refractivity contribution in [2.24, 2.45) is 0 Å². The smallest absolute Gasteiger partial charge is 0.269 e. The van der Waals surface area contributed by atoms with E-state index in [1.165, 1.54) is 17.8 Å². The molecule has 0 fully saturated rings. The van der Waals surface area contributed by atoms with Crippen molar-refractivity contribution < 1.29 is 4.92 Å². The Morgan fingerprint density at radius 3 is 1.86 bits per heavy atom. The minimum Gasteiger partial charge on any atom is -0.372 e. The van der Waals surface area contributed by atoms with Crippen LogP contribution in [0.4, 0.5) is 11.4 Å². The Labute approximate surface area is 128 Å². The average molecular weight is 302 g/mol. The van der Waals surface area contributed by atoms with Crippen molar-refractivity contribution in [3.05, 3.63) is 58.6 Å². The molecule has 0 radical (unpaired) electrons. The molecule has 0 aliphatic heterocycles. The van der Waals surface area contributed by atoms with Crippen LogP contribution in [0.1, 0.15) is 13.8 Å². The highest BCUT2D eigenvalue weighted by Gasteiger charge is 2.06. The summed E-state index contributed by atoms with van der Waals surface area (Å²) in [6.45, 7) is 6.27. The van der Waals surface area contributed by atoms with Crippen LogP contribution in [0.5, 0.6) is 0 Å². The fourth-order valence-electron chi connectivity index (χ4n) is 2.09. The second-order valence-electron chi connectivity index (χ2n) is 4.52. The Kier molecular flexibility index (Phi) is 5.22. The summed E-state index contributed by atoms with van der Waals surface area (Å²) >= 11 is 1.60. The van der Waals surface area contributed by atoms with Crippen molar-refractivity contribution in [2.45, 2.75) is 23.6 Å². The molecule has 0 spiro atoms. The first-order valence-corrected chi connectivity index (χ1v) is 7.73. The van der Waals surface area contributed by atoms with Gasteiger partial charge in [-0.05, 0) is 50.2 Å². The Bertz CT molecular complexity index is 593. The van der Waals surface area contributed by atoms with E-state index in [0.717, 1.165) is 22.9 Å². The minimum absolute atomic E-state index is 0.122. The Balaban J connectivity index is 2.07. The number of anilines is 1. The fourth-order valence-corrected chi connectivity index (χ4v) is 2.90. The molecule has 5 heteroatoms. The summed E-state index contributed by atoms with van der Waals surface area (Å²) in [5.41, 5.74) is 1.34. The molecule has 110 valence electrons. The molecule has 21 heavy (non-hydrogen) atoms. The SMILES string of the molecule is CCN(CC)c1ccc(Sc2ccc([N+](=O)[O-])cc2)cc1. The third-order valence-corrected chi connectivity index (χ3v) is 4.26. The zero-order chi connectivity index (χ0) is 15.2. The summed E-state index contributed by atoms with van der Waals surface area (Å²) in [4.78, 5) is 14.7. The molecular formula is C16H18N2O2S. The second-order valence-corrected chi connectivity index (χ2v) is 5.67. The first-order valence-electron chi connectivity index (χ1n) is 6.91. The van der Waals surface area contributed by atoms with Crippen molar-refractivity contribution in [2.75, 3.05) is 18.0 Å². The van der Waals surface area contributed by atoms with Crippen LogP contribution >= 0.6 is 11.8 Å². The number of rotatable bonds is 6. The molecule has 0 aliphatic rings.